The summed E-state index contributed by atoms with van der Waals surface area (Å²) >= 11 is 3.42. The topological polar surface area (TPSA) is 49.4 Å². The van der Waals surface area contributed by atoms with E-state index >= 15 is 0 Å². The molecule has 0 atom stereocenters. The first-order valence-electron chi connectivity index (χ1n) is 9.76. The van der Waals surface area contributed by atoms with Crippen LogP contribution in [0.5, 0.6) is 0 Å². The molecule has 3 aromatic carbocycles. The minimum atomic E-state index is -0.370. The standard InChI is InChI=1S/C25H21BrN2O2/c1-16(2)17-11-13-20(14-12-17)27-23-22(18-7-4-3-5-8-18)24(29)28(25(23)30)21-10-6-9-19(26)15-21/h3-16,27H,1-2H3. The maximum absolute atomic E-state index is 13.4. The number of rotatable bonds is 5. The van der Waals surface area contributed by atoms with Gasteiger partial charge in [-0.2, -0.15) is 0 Å². The normalized spacial score (nSPS) is 14.1. The number of hydrogen-bond acceptors (Lipinski definition) is 3. The first-order chi connectivity index (χ1) is 14.5. The van der Waals surface area contributed by atoms with Crippen molar-refractivity contribution >= 4 is 44.7 Å². The number of nitrogens with zero attached hydrogens (tertiary/aromatic N) is 1. The third-order valence-corrected chi connectivity index (χ3v) is 5.55. The number of hydrogen-bond donors (Lipinski definition) is 1. The first-order valence-corrected chi connectivity index (χ1v) is 10.6. The fourth-order valence-corrected chi connectivity index (χ4v) is 3.85. The average Bonchev–Trinajstić information content (AvgIpc) is 2.98. The van der Waals surface area contributed by atoms with Crippen LogP contribution >= 0.6 is 15.9 Å². The molecule has 1 heterocycles. The lowest BCUT2D eigenvalue weighted by Crippen LogP contribution is -2.32. The second kappa shape index (κ2) is 8.28. The summed E-state index contributed by atoms with van der Waals surface area (Å²) in [6.45, 7) is 4.26. The van der Waals surface area contributed by atoms with Crippen LogP contribution in [0.15, 0.2) is 89.0 Å². The van der Waals surface area contributed by atoms with E-state index in [1.54, 1.807) is 18.2 Å². The fraction of sp³-hybridized carbons (Fsp3) is 0.120. The van der Waals surface area contributed by atoms with Crippen molar-refractivity contribution in [2.75, 3.05) is 10.2 Å². The van der Waals surface area contributed by atoms with E-state index in [4.69, 9.17) is 0 Å². The summed E-state index contributed by atoms with van der Waals surface area (Å²) in [4.78, 5) is 27.9. The Hall–Kier alpha value is -3.18. The van der Waals surface area contributed by atoms with Crippen LogP contribution < -0.4 is 10.2 Å². The Balaban J connectivity index is 1.77. The molecule has 0 spiro atoms. The van der Waals surface area contributed by atoms with Gasteiger partial charge in [0.2, 0.25) is 0 Å². The molecule has 0 unspecified atom stereocenters. The third-order valence-electron chi connectivity index (χ3n) is 5.06. The van der Waals surface area contributed by atoms with Crippen molar-refractivity contribution in [1.82, 2.24) is 0 Å². The van der Waals surface area contributed by atoms with Crippen molar-refractivity contribution in [2.45, 2.75) is 19.8 Å². The predicted molar refractivity (Wildman–Crippen MR) is 124 cm³/mol. The van der Waals surface area contributed by atoms with Gasteiger partial charge in [0.25, 0.3) is 11.8 Å². The molecule has 0 saturated carbocycles. The molecule has 0 aliphatic carbocycles. The molecule has 150 valence electrons. The number of imide groups is 1. The van der Waals surface area contributed by atoms with Gasteiger partial charge in [0.15, 0.2) is 0 Å². The summed E-state index contributed by atoms with van der Waals surface area (Å²) < 4.78 is 0.799. The molecule has 0 aromatic heterocycles. The van der Waals surface area contributed by atoms with Crippen LogP contribution in [0.25, 0.3) is 5.57 Å². The average molecular weight is 461 g/mol. The molecule has 3 aromatic rings. The van der Waals surface area contributed by atoms with Gasteiger partial charge < -0.3 is 5.32 Å². The molecule has 0 bridgehead atoms. The summed E-state index contributed by atoms with van der Waals surface area (Å²) in [6.07, 6.45) is 0. The Bertz CT molecular complexity index is 1140. The van der Waals surface area contributed by atoms with E-state index in [9.17, 15) is 9.59 Å². The van der Waals surface area contributed by atoms with Crippen molar-refractivity contribution in [3.8, 4) is 0 Å². The van der Waals surface area contributed by atoms with Gasteiger partial charge in [-0.05, 0) is 47.4 Å². The zero-order chi connectivity index (χ0) is 21.3. The van der Waals surface area contributed by atoms with Crippen molar-refractivity contribution < 1.29 is 9.59 Å². The van der Waals surface area contributed by atoms with Gasteiger partial charge in [-0.1, -0.05) is 78.3 Å². The molecule has 1 aliphatic rings. The van der Waals surface area contributed by atoms with E-state index < -0.39 is 0 Å². The Morgan fingerprint density at radius 3 is 2.17 bits per heavy atom. The van der Waals surface area contributed by atoms with E-state index in [1.807, 2.05) is 60.7 Å². The molecule has 1 N–H and O–H groups in total. The van der Waals surface area contributed by atoms with Crippen LogP contribution in [-0.4, -0.2) is 11.8 Å². The number of amides is 2. The van der Waals surface area contributed by atoms with Crippen molar-refractivity contribution in [1.29, 1.82) is 0 Å². The van der Waals surface area contributed by atoms with Crippen LogP contribution in [0.1, 0.15) is 30.9 Å². The number of halogens is 1. The van der Waals surface area contributed by atoms with E-state index in [-0.39, 0.29) is 17.5 Å². The lowest BCUT2D eigenvalue weighted by molar-refractivity contribution is -0.120. The maximum atomic E-state index is 13.4. The van der Waals surface area contributed by atoms with Gasteiger partial charge >= 0.3 is 0 Å². The lowest BCUT2D eigenvalue weighted by Gasteiger charge is -2.16. The van der Waals surface area contributed by atoms with Crippen molar-refractivity contribution in [3.63, 3.8) is 0 Å². The molecule has 5 heteroatoms. The van der Waals surface area contributed by atoms with Crippen LogP contribution in [-0.2, 0) is 9.59 Å². The summed E-state index contributed by atoms with van der Waals surface area (Å²) in [5, 5.41) is 3.21. The molecule has 0 fully saturated rings. The summed E-state index contributed by atoms with van der Waals surface area (Å²) in [6, 6.07) is 24.4. The zero-order valence-corrected chi connectivity index (χ0v) is 18.3. The number of anilines is 2. The number of nitrogens with one attached hydrogen (secondary N) is 1. The highest BCUT2D eigenvalue weighted by Crippen LogP contribution is 2.34. The Morgan fingerprint density at radius 1 is 0.833 bits per heavy atom. The van der Waals surface area contributed by atoms with E-state index in [0.29, 0.717) is 22.7 Å². The van der Waals surface area contributed by atoms with E-state index in [1.165, 1.54) is 10.5 Å². The molecule has 2 amide bonds. The Morgan fingerprint density at radius 2 is 1.53 bits per heavy atom. The monoisotopic (exact) mass is 460 g/mol. The Labute approximate surface area is 184 Å². The minimum Gasteiger partial charge on any atom is -0.350 e. The summed E-state index contributed by atoms with van der Waals surface area (Å²) in [5.74, 6) is -0.296. The van der Waals surface area contributed by atoms with Crippen LogP contribution in [0.2, 0.25) is 0 Å². The molecular formula is C25H21BrN2O2. The minimum absolute atomic E-state index is 0.281. The number of carbonyl (C=O) groups is 2. The zero-order valence-electron chi connectivity index (χ0n) is 16.7. The molecule has 1 aliphatic heterocycles. The van der Waals surface area contributed by atoms with Crippen molar-refractivity contribution in [2.24, 2.45) is 0 Å². The highest BCUT2D eigenvalue weighted by atomic mass is 79.9. The molecular weight excluding hydrogens is 440 g/mol. The molecule has 4 rings (SSSR count). The van der Waals surface area contributed by atoms with Gasteiger partial charge in [-0.25, -0.2) is 4.90 Å². The van der Waals surface area contributed by atoms with Gasteiger partial charge in [-0.3, -0.25) is 9.59 Å². The molecule has 0 saturated heterocycles. The Kier molecular flexibility index (Phi) is 5.55. The summed E-state index contributed by atoms with van der Waals surface area (Å²) in [7, 11) is 0. The molecule has 0 radical (unpaired) electrons. The first kappa shape index (κ1) is 20.1. The number of carbonyl (C=O) groups excluding carboxylic acids is 2. The van der Waals surface area contributed by atoms with Crippen LogP contribution in [0.4, 0.5) is 11.4 Å². The quantitative estimate of drug-likeness (QED) is 0.477. The summed E-state index contributed by atoms with van der Waals surface area (Å²) in [5.41, 5.74) is 3.86. The van der Waals surface area contributed by atoms with Gasteiger partial charge in [0.1, 0.15) is 5.70 Å². The van der Waals surface area contributed by atoms with Crippen LogP contribution in [0, 0.1) is 0 Å². The van der Waals surface area contributed by atoms with Gasteiger partial charge in [0, 0.05) is 10.2 Å². The second-order valence-corrected chi connectivity index (χ2v) is 8.36. The highest BCUT2D eigenvalue weighted by molar-refractivity contribution is 9.10. The second-order valence-electron chi connectivity index (χ2n) is 7.44. The number of benzene rings is 3. The fourth-order valence-electron chi connectivity index (χ4n) is 3.46. The van der Waals surface area contributed by atoms with Gasteiger partial charge in [0.05, 0.1) is 11.3 Å². The largest absolute Gasteiger partial charge is 0.350 e. The highest BCUT2D eigenvalue weighted by Gasteiger charge is 2.40. The van der Waals surface area contributed by atoms with E-state index in [2.05, 4.69) is 35.1 Å². The third kappa shape index (κ3) is 3.81. The van der Waals surface area contributed by atoms with Gasteiger partial charge in [-0.15, -0.1) is 0 Å². The SMILES string of the molecule is CC(C)c1ccc(NC2=C(c3ccccc3)C(=O)N(c3cccc(Br)c3)C2=O)cc1. The smallest absolute Gasteiger partial charge is 0.282 e. The van der Waals surface area contributed by atoms with E-state index in [0.717, 1.165) is 10.2 Å². The lowest BCUT2D eigenvalue weighted by atomic mass is 10.0. The van der Waals surface area contributed by atoms with Crippen molar-refractivity contribution in [3.05, 3.63) is 100 Å². The predicted octanol–water partition coefficient (Wildman–Crippen LogP) is 5.97. The maximum Gasteiger partial charge on any atom is 0.282 e. The molecule has 30 heavy (non-hydrogen) atoms. The van der Waals surface area contributed by atoms with Crippen LogP contribution in [0.3, 0.4) is 0 Å². The molecule has 4 nitrogen and oxygen atoms in total.